The van der Waals surface area contributed by atoms with Gasteiger partial charge in [0.1, 0.15) is 11.6 Å². The summed E-state index contributed by atoms with van der Waals surface area (Å²) in [5, 5.41) is 16.3. The Morgan fingerprint density at radius 2 is 1.68 bits per heavy atom. The highest BCUT2D eigenvalue weighted by Gasteiger charge is 2.44. The van der Waals surface area contributed by atoms with E-state index in [2.05, 4.69) is 20.0 Å². The highest BCUT2D eigenvalue weighted by Crippen LogP contribution is 2.54. The molecule has 14 heteroatoms. The van der Waals surface area contributed by atoms with Crippen LogP contribution in [0.4, 0.5) is 31.8 Å². The van der Waals surface area contributed by atoms with Crippen molar-refractivity contribution in [3.05, 3.63) is 48.2 Å². The van der Waals surface area contributed by atoms with E-state index in [1.807, 2.05) is 11.0 Å². The number of nitrogens with zero attached hydrogens (tertiary/aromatic N) is 5. The number of aliphatic hydroxyl groups excluding tert-OH is 1. The summed E-state index contributed by atoms with van der Waals surface area (Å²) in [6, 6.07) is 10.1. The number of rotatable bonds is 9. The third-order valence-electron chi connectivity index (χ3n) is 9.01. The molecule has 4 heterocycles. The zero-order valence-electron chi connectivity index (χ0n) is 24.6. The number of alkyl halides is 2. The fraction of sp³-hybridized carbons (Fsp3) is 0.500. The first kappa shape index (κ1) is 30.3. The number of hydrogen-bond donors (Lipinski definition) is 3. The lowest BCUT2D eigenvalue weighted by Crippen LogP contribution is -2.40. The first-order valence-corrected chi connectivity index (χ1v) is 16.6. The SMILES string of the molecule is Cn1nccc1-c1ccc(NC(=O)c2ccc(NS(=O)(=O)CCO)cc2N2CCC3(CC2)CC3)nc1N1CCC(F)(F)CC1. The summed E-state index contributed by atoms with van der Waals surface area (Å²) in [6.45, 7) is 1.22. The van der Waals surface area contributed by atoms with E-state index in [1.54, 1.807) is 42.2 Å². The number of halogens is 2. The lowest BCUT2D eigenvalue weighted by Gasteiger charge is -2.35. The van der Waals surface area contributed by atoms with Crippen molar-refractivity contribution in [3.8, 4) is 11.3 Å². The van der Waals surface area contributed by atoms with Gasteiger partial charge in [-0.3, -0.25) is 14.2 Å². The number of aryl methyl sites for hydroxylation is 1. The summed E-state index contributed by atoms with van der Waals surface area (Å²) in [7, 11) is -1.97. The van der Waals surface area contributed by atoms with Gasteiger partial charge in [0.15, 0.2) is 0 Å². The molecule has 1 amide bonds. The normalized spacial score (nSPS) is 19.2. The molecule has 1 spiro atoms. The second kappa shape index (κ2) is 11.6. The smallest absolute Gasteiger partial charge is 0.258 e. The van der Waals surface area contributed by atoms with Crippen molar-refractivity contribution in [1.82, 2.24) is 14.8 Å². The Labute approximate surface area is 255 Å². The quantitative estimate of drug-likeness (QED) is 0.323. The molecule has 11 nitrogen and oxygen atoms in total. The van der Waals surface area contributed by atoms with Crippen LogP contribution in [0, 0.1) is 5.41 Å². The van der Waals surface area contributed by atoms with Crippen molar-refractivity contribution in [2.24, 2.45) is 12.5 Å². The number of aliphatic hydroxyl groups is 1. The molecule has 6 rings (SSSR count). The fourth-order valence-electron chi connectivity index (χ4n) is 6.12. The monoisotopic (exact) mass is 629 g/mol. The largest absolute Gasteiger partial charge is 0.395 e. The third-order valence-corrected chi connectivity index (χ3v) is 10.3. The van der Waals surface area contributed by atoms with Gasteiger partial charge in [-0.25, -0.2) is 22.2 Å². The molecule has 3 fully saturated rings. The van der Waals surface area contributed by atoms with Gasteiger partial charge in [0, 0.05) is 57.8 Å². The molecular weight excluding hydrogens is 592 g/mol. The average molecular weight is 630 g/mol. The number of carbonyl (C=O) groups is 1. The summed E-state index contributed by atoms with van der Waals surface area (Å²) >= 11 is 0. The molecule has 0 atom stereocenters. The molecule has 2 aliphatic heterocycles. The third kappa shape index (κ3) is 6.50. The Bertz CT molecular complexity index is 1640. The lowest BCUT2D eigenvalue weighted by molar-refractivity contribution is -0.0221. The lowest BCUT2D eigenvalue weighted by atomic mass is 9.93. The number of anilines is 4. The second-order valence-electron chi connectivity index (χ2n) is 12.1. The average Bonchev–Trinajstić information content (AvgIpc) is 3.59. The highest BCUT2D eigenvalue weighted by atomic mass is 32.2. The van der Waals surface area contributed by atoms with Crippen LogP contribution in [0.3, 0.4) is 0 Å². The van der Waals surface area contributed by atoms with Gasteiger partial charge < -0.3 is 20.2 Å². The van der Waals surface area contributed by atoms with Crippen LogP contribution in [-0.2, 0) is 17.1 Å². The molecule has 0 radical (unpaired) electrons. The summed E-state index contributed by atoms with van der Waals surface area (Å²) in [5.41, 5.74) is 3.15. The van der Waals surface area contributed by atoms with Crippen molar-refractivity contribution >= 4 is 38.9 Å². The Hall–Kier alpha value is -3.78. The predicted octanol–water partition coefficient (Wildman–Crippen LogP) is 4.08. The number of amides is 1. The standard InChI is InChI=1S/C30H37F2N7O4S/c1-37-24(6-13-33-37)22-4-5-26(34-27(22)39-16-11-30(31,32)12-17-39)35-28(41)23-3-2-21(36-44(42,43)19-18-40)20-25(23)38-14-9-29(7-8-29)10-15-38/h2-6,13,20,36,40H,7-12,14-19H2,1H3,(H,34,35,41). The van der Waals surface area contributed by atoms with Crippen molar-refractivity contribution < 1.29 is 27.1 Å². The van der Waals surface area contributed by atoms with Crippen LogP contribution in [-0.4, -0.2) is 78.7 Å². The van der Waals surface area contributed by atoms with Crippen LogP contribution < -0.4 is 19.8 Å². The minimum Gasteiger partial charge on any atom is -0.395 e. The van der Waals surface area contributed by atoms with Gasteiger partial charge in [0.25, 0.3) is 11.8 Å². The van der Waals surface area contributed by atoms with Gasteiger partial charge >= 0.3 is 0 Å². The van der Waals surface area contributed by atoms with Crippen molar-refractivity contribution in [3.63, 3.8) is 0 Å². The predicted molar refractivity (Wildman–Crippen MR) is 165 cm³/mol. The van der Waals surface area contributed by atoms with Crippen LogP contribution in [0.25, 0.3) is 11.3 Å². The summed E-state index contributed by atoms with van der Waals surface area (Å²) in [6.07, 6.45) is 5.52. The Morgan fingerprint density at radius 1 is 0.977 bits per heavy atom. The molecule has 1 aliphatic carbocycles. The molecule has 1 saturated carbocycles. The van der Waals surface area contributed by atoms with Gasteiger partial charge in [-0.2, -0.15) is 5.10 Å². The number of aromatic nitrogens is 3. The molecule has 1 aromatic carbocycles. The van der Waals surface area contributed by atoms with Gasteiger partial charge in [-0.1, -0.05) is 0 Å². The molecule has 3 N–H and O–H groups in total. The fourth-order valence-corrected chi connectivity index (χ4v) is 6.95. The molecular formula is C30H37F2N7O4S. The van der Waals surface area contributed by atoms with Crippen LogP contribution in [0.5, 0.6) is 0 Å². The van der Waals surface area contributed by atoms with E-state index in [9.17, 15) is 22.0 Å². The minimum atomic E-state index is -3.76. The van der Waals surface area contributed by atoms with Crippen LogP contribution >= 0.6 is 0 Å². The summed E-state index contributed by atoms with van der Waals surface area (Å²) < 4.78 is 56.9. The Kier molecular flexibility index (Phi) is 7.99. The number of hydrogen-bond acceptors (Lipinski definition) is 8. The molecule has 2 saturated heterocycles. The number of sulfonamides is 1. The van der Waals surface area contributed by atoms with Crippen LogP contribution in [0.2, 0.25) is 0 Å². The van der Waals surface area contributed by atoms with E-state index in [0.29, 0.717) is 28.2 Å². The van der Waals surface area contributed by atoms with Crippen molar-refractivity contribution in [2.45, 2.75) is 44.4 Å². The first-order valence-electron chi connectivity index (χ1n) is 14.9. The van der Waals surface area contributed by atoms with Gasteiger partial charge in [-0.15, -0.1) is 0 Å². The second-order valence-corrected chi connectivity index (χ2v) is 13.9. The topological polar surface area (TPSA) is 133 Å². The zero-order valence-corrected chi connectivity index (χ0v) is 25.4. The number of benzene rings is 1. The number of carbonyl (C=O) groups excluding carboxylic acids is 1. The summed E-state index contributed by atoms with van der Waals surface area (Å²) in [4.78, 5) is 22.4. The van der Waals surface area contributed by atoms with Gasteiger partial charge in [-0.05, 0) is 67.5 Å². The molecule has 236 valence electrons. The molecule has 0 unspecified atom stereocenters. The van der Waals surface area contributed by atoms with Crippen LogP contribution in [0.1, 0.15) is 48.9 Å². The number of piperidine rings is 2. The molecule has 3 aliphatic rings. The maximum atomic E-state index is 14.0. The number of pyridine rings is 1. The van der Waals surface area contributed by atoms with E-state index < -0.39 is 34.2 Å². The molecule has 2 aromatic heterocycles. The molecule has 0 bridgehead atoms. The van der Waals surface area contributed by atoms with Gasteiger partial charge in [0.2, 0.25) is 10.0 Å². The zero-order chi connectivity index (χ0) is 31.1. The Morgan fingerprint density at radius 3 is 2.32 bits per heavy atom. The van der Waals surface area contributed by atoms with E-state index in [-0.39, 0.29) is 31.7 Å². The van der Waals surface area contributed by atoms with E-state index in [4.69, 9.17) is 10.1 Å². The molecule has 44 heavy (non-hydrogen) atoms. The minimum absolute atomic E-state index is 0.122. The van der Waals surface area contributed by atoms with Crippen molar-refractivity contribution in [1.29, 1.82) is 0 Å². The van der Waals surface area contributed by atoms with Crippen LogP contribution in [0.15, 0.2) is 42.6 Å². The highest BCUT2D eigenvalue weighted by molar-refractivity contribution is 7.92. The molecule has 3 aromatic rings. The number of nitrogens with one attached hydrogen (secondary N) is 2. The Balaban J connectivity index is 1.30. The van der Waals surface area contributed by atoms with Gasteiger partial charge in [0.05, 0.1) is 35.0 Å². The van der Waals surface area contributed by atoms with Crippen molar-refractivity contribution in [2.75, 3.05) is 58.4 Å². The van der Waals surface area contributed by atoms with E-state index in [1.165, 1.54) is 18.9 Å². The maximum absolute atomic E-state index is 14.0. The first-order chi connectivity index (χ1) is 21.0. The van der Waals surface area contributed by atoms with E-state index >= 15 is 0 Å². The van der Waals surface area contributed by atoms with E-state index in [0.717, 1.165) is 37.2 Å². The summed E-state index contributed by atoms with van der Waals surface area (Å²) in [5.74, 6) is -2.83. The maximum Gasteiger partial charge on any atom is 0.258 e.